The number of hydrogen-bond donors (Lipinski definition) is 3. The van der Waals surface area contributed by atoms with Gasteiger partial charge in [0.05, 0.1) is 5.02 Å². The van der Waals surface area contributed by atoms with Gasteiger partial charge in [0.25, 0.3) is 11.8 Å². The first-order chi connectivity index (χ1) is 11.6. The summed E-state index contributed by atoms with van der Waals surface area (Å²) in [5.41, 5.74) is 5.60. The molecule has 3 rings (SSSR count). The van der Waals surface area contributed by atoms with Crippen LogP contribution in [-0.4, -0.2) is 30.0 Å². The summed E-state index contributed by atoms with van der Waals surface area (Å²) in [5.74, 6) is 0.113. The monoisotopic (exact) mass is 347 g/mol. The maximum atomic E-state index is 11.8. The fraction of sp³-hybridized carbons (Fsp3) is 0.125. The van der Waals surface area contributed by atoms with Crippen LogP contribution in [0.2, 0.25) is 5.02 Å². The van der Waals surface area contributed by atoms with Gasteiger partial charge < -0.3 is 14.5 Å². The Hall–Kier alpha value is -2.93. The topological polar surface area (TPSA) is 92.4 Å². The Morgan fingerprint density at radius 1 is 1.21 bits per heavy atom. The Labute approximate surface area is 142 Å². The quantitative estimate of drug-likeness (QED) is 0.584. The number of halogens is 1. The van der Waals surface area contributed by atoms with Crippen molar-refractivity contribution < 1.29 is 19.1 Å². The molecule has 7 nitrogen and oxygen atoms in total. The van der Waals surface area contributed by atoms with Crippen LogP contribution in [0.25, 0.3) is 6.08 Å². The molecule has 8 heteroatoms. The minimum Gasteiger partial charge on any atom is -0.486 e. The lowest BCUT2D eigenvalue weighted by Gasteiger charge is -2.19. The van der Waals surface area contributed by atoms with Crippen LogP contribution in [0.4, 0.5) is 0 Å². The van der Waals surface area contributed by atoms with Gasteiger partial charge in [-0.25, -0.2) is 0 Å². The second kappa shape index (κ2) is 7.10. The van der Waals surface area contributed by atoms with E-state index >= 15 is 0 Å². The van der Waals surface area contributed by atoms with Crippen molar-refractivity contribution >= 4 is 29.5 Å². The molecule has 0 bridgehead atoms. The molecule has 0 spiro atoms. The Morgan fingerprint density at radius 3 is 2.83 bits per heavy atom. The van der Waals surface area contributed by atoms with Crippen molar-refractivity contribution in [2.75, 3.05) is 13.2 Å². The number of carbonyl (C=O) groups excluding carboxylic acids is 2. The molecule has 1 aliphatic rings. The van der Waals surface area contributed by atoms with Gasteiger partial charge in [-0.1, -0.05) is 11.6 Å². The van der Waals surface area contributed by atoms with Gasteiger partial charge in [0.2, 0.25) is 0 Å². The molecule has 0 saturated carbocycles. The highest BCUT2D eigenvalue weighted by Crippen LogP contribution is 2.38. The van der Waals surface area contributed by atoms with Gasteiger partial charge in [0, 0.05) is 12.3 Å². The summed E-state index contributed by atoms with van der Waals surface area (Å²) in [6, 6.07) is 6.66. The van der Waals surface area contributed by atoms with Gasteiger partial charge in [0.15, 0.2) is 11.5 Å². The first kappa shape index (κ1) is 15.9. The van der Waals surface area contributed by atoms with Crippen LogP contribution in [0.1, 0.15) is 16.1 Å². The van der Waals surface area contributed by atoms with Crippen LogP contribution in [0.3, 0.4) is 0 Å². The summed E-state index contributed by atoms with van der Waals surface area (Å²) >= 11 is 6.12. The molecule has 2 amide bonds. The molecule has 0 atom stereocenters. The number of rotatable bonds is 3. The zero-order chi connectivity index (χ0) is 16.9. The number of benzene rings is 1. The Morgan fingerprint density at radius 2 is 2.04 bits per heavy atom. The summed E-state index contributed by atoms with van der Waals surface area (Å²) < 4.78 is 10.9. The number of hydrazine groups is 1. The third kappa shape index (κ3) is 3.69. The highest BCUT2D eigenvalue weighted by atomic mass is 35.5. The van der Waals surface area contributed by atoms with Crippen LogP contribution in [-0.2, 0) is 4.79 Å². The van der Waals surface area contributed by atoms with E-state index in [-0.39, 0.29) is 0 Å². The van der Waals surface area contributed by atoms with E-state index in [1.54, 1.807) is 36.5 Å². The van der Waals surface area contributed by atoms with Crippen molar-refractivity contribution in [2.45, 2.75) is 0 Å². The van der Waals surface area contributed by atoms with E-state index in [0.29, 0.717) is 41.0 Å². The Balaban J connectivity index is 1.60. The molecule has 0 saturated heterocycles. The second-order valence-corrected chi connectivity index (χ2v) is 5.29. The smallest absolute Gasteiger partial charge is 0.286 e. The zero-order valence-electron chi connectivity index (χ0n) is 12.5. The molecule has 2 aromatic rings. The molecule has 124 valence electrons. The van der Waals surface area contributed by atoms with Crippen molar-refractivity contribution in [1.29, 1.82) is 0 Å². The fourth-order valence-corrected chi connectivity index (χ4v) is 2.37. The van der Waals surface area contributed by atoms with Crippen LogP contribution < -0.4 is 20.3 Å². The van der Waals surface area contributed by atoms with E-state index in [1.165, 1.54) is 6.08 Å². The summed E-state index contributed by atoms with van der Waals surface area (Å²) in [6.07, 6.45) is 4.44. The number of ether oxygens (including phenoxy) is 2. The van der Waals surface area contributed by atoms with Gasteiger partial charge in [-0.05, 0) is 35.9 Å². The van der Waals surface area contributed by atoms with E-state index in [4.69, 9.17) is 21.1 Å². The van der Waals surface area contributed by atoms with Crippen molar-refractivity contribution in [2.24, 2.45) is 0 Å². The number of aromatic amines is 1. The molecular weight excluding hydrogens is 334 g/mol. The molecular formula is C16H14ClN3O4. The van der Waals surface area contributed by atoms with Gasteiger partial charge >= 0.3 is 0 Å². The minimum absolute atomic E-state index is 0.345. The molecule has 1 aromatic carbocycles. The maximum absolute atomic E-state index is 11.8. The molecule has 2 heterocycles. The first-order valence-electron chi connectivity index (χ1n) is 7.14. The summed E-state index contributed by atoms with van der Waals surface area (Å²) in [6.45, 7) is 0.895. The second-order valence-electron chi connectivity index (χ2n) is 4.89. The highest BCUT2D eigenvalue weighted by Gasteiger charge is 2.16. The predicted octanol–water partition coefficient (Wildman–Crippen LogP) is 1.91. The largest absolute Gasteiger partial charge is 0.486 e. The summed E-state index contributed by atoms with van der Waals surface area (Å²) in [5, 5.41) is 0.410. The van der Waals surface area contributed by atoms with Gasteiger partial charge in [0.1, 0.15) is 18.9 Å². The number of fused-ring (bicyclic) bond motifs is 1. The number of hydrogen-bond acceptors (Lipinski definition) is 4. The predicted molar refractivity (Wildman–Crippen MR) is 87.9 cm³/mol. The molecule has 1 aromatic heterocycles. The summed E-state index contributed by atoms with van der Waals surface area (Å²) in [7, 11) is 0. The highest BCUT2D eigenvalue weighted by molar-refractivity contribution is 6.32. The standard InChI is InChI=1S/C16H14ClN3O4/c17-11-8-10(9-13-15(11)24-7-6-23-13)3-4-14(21)19-20-16(22)12-2-1-5-18-12/h1-5,8-9,18H,6-7H2,(H,19,21)(H,20,22)/b4-3+. The number of amides is 2. The summed E-state index contributed by atoms with van der Waals surface area (Å²) in [4.78, 5) is 26.1. The first-order valence-corrected chi connectivity index (χ1v) is 7.52. The Kier molecular flexibility index (Phi) is 4.72. The molecule has 24 heavy (non-hydrogen) atoms. The molecule has 3 N–H and O–H groups in total. The molecule has 0 unspecified atom stereocenters. The number of H-pyrrole nitrogens is 1. The van der Waals surface area contributed by atoms with Gasteiger partial charge in [-0.15, -0.1) is 0 Å². The van der Waals surface area contributed by atoms with Crippen LogP contribution in [0, 0.1) is 0 Å². The maximum Gasteiger partial charge on any atom is 0.286 e. The van der Waals surface area contributed by atoms with E-state index in [9.17, 15) is 9.59 Å². The van der Waals surface area contributed by atoms with Crippen molar-refractivity contribution in [3.05, 3.63) is 52.8 Å². The van der Waals surface area contributed by atoms with Gasteiger partial charge in [-0.2, -0.15) is 0 Å². The number of nitrogens with one attached hydrogen (secondary N) is 3. The number of aromatic nitrogens is 1. The van der Waals surface area contributed by atoms with E-state index in [1.807, 2.05) is 0 Å². The normalized spacial score (nSPS) is 12.9. The lowest BCUT2D eigenvalue weighted by Crippen LogP contribution is -2.40. The number of carbonyl (C=O) groups is 2. The minimum atomic E-state index is -0.485. The average molecular weight is 348 g/mol. The fourth-order valence-electron chi connectivity index (χ4n) is 2.10. The van der Waals surface area contributed by atoms with Crippen molar-refractivity contribution in [3.63, 3.8) is 0 Å². The third-order valence-corrected chi connectivity index (χ3v) is 3.47. The van der Waals surface area contributed by atoms with Crippen LogP contribution in [0.5, 0.6) is 11.5 Å². The van der Waals surface area contributed by atoms with Gasteiger partial charge in [-0.3, -0.25) is 20.4 Å². The third-order valence-electron chi connectivity index (χ3n) is 3.19. The SMILES string of the molecule is O=C(/C=C/c1cc(Cl)c2c(c1)OCCO2)NNC(=O)c1ccc[nH]1. The molecule has 0 fully saturated rings. The molecule has 0 aliphatic carbocycles. The lowest BCUT2D eigenvalue weighted by atomic mass is 10.1. The Bertz CT molecular complexity index is 787. The average Bonchev–Trinajstić information content (AvgIpc) is 3.12. The zero-order valence-corrected chi connectivity index (χ0v) is 13.2. The van der Waals surface area contributed by atoms with Crippen LogP contribution in [0.15, 0.2) is 36.5 Å². The van der Waals surface area contributed by atoms with E-state index in [2.05, 4.69) is 15.8 Å². The molecule has 1 aliphatic heterocycles. The lowest BCUT2D eigenvalue weighted by molar-refractivity contribution is -0.117. The molecule has 0 radical (unpaired) electrons. The van der Waals surface area contributed by atoms with E-state index in [0.717, 1.165) is 0 Å². The van der Waals surface area contributed by atoms with Crippen molar-refractivity contribution in [3.8, 4) is 11.5 Å². The van der Waals surface area contributed by atoms with E-state index < -0.39 is 11.8 Å². The van der Waals surface area contributed by atoms with Crippen molar-refractivity contribution in [1.82, 2.24) is 15.8 Å². The van der Waals surface area contributed by atoms with Crippen LogP contribution >= 0.6 is 11.6 Å².